The topological polar surface area (TPSA) is 3.24 Å². The van der Waals surface area contributed by atoms with Crippen LogP contribution < -0.4 is 4.90 Å². The zero-order valence-electron chi connectivity index (χ0n) is 32.0. The third-order valence-electron chi connectivity index (χ3n) is 10.9. The molecule has 268 valence electrons. The van der Waals surface area contributed by atoms with Gasteiger partial charge in [-0.25, -0.2) is 0 Å². The Morgan fingerprint density at radius 2 is 1.22 bits per heavy atom. The summed E-state index contributed by atoms with van der Waals surface area (Å²) in [4.78, 5) is 3.59. The van der Waals surface area contributed by atoms with Crippen LogP contribution in [0.1, 0.15) is 54.8 Å². The first-order valence-electron chi connectivity index (χ1n) is 19.0. The van der Waals surface area contributed by atoms with Crippen LogP contribution in [0.3, 0.4) is 0 Å². The fourth-order valence-corrected chi connectivity index (χ4v) is 9.04. The summed E-state index contributed by atoms with van der Waals surface area (Å²) < 4.78 is 1.29. The van der Waals surface area contributed by atoms with Crippen LogP contribution in [0.2, 0.25) is 0 Å². The molecular weight excluding hydrogens is 683 g/mol. The molecule has 2 heteroatoms. The molecule has 0 saturated heterocycles. The van der Waals surface area contributed by atoms with Crippen molar-refractivity contribution in [2.75, 3.05) is 4.90 Å². The van der Waals surface area contributed by atoms with Crippen molar-refractivity contribution in [3.8, 4) is 33.4 Å². The van der Waals surface area contributed by atoms with Gasteiger partial charge in [0.1, 0.15) is 0 Å². The molecule has 1 aliphatic rings. The van der Waals surface area contributed by atoms with Crippen molar-refractivity contribution in [3.63, 3.8) is 0 Å². The van der Waals surface area contributed by atoms with Gasteiger partial charge in [0.25, 0.3) is 0 Å². The first-order chi connectivity index (χ1) is 26.8. The molecule has 0 fully saturated rings. The molecule has 0 atom stereocenters. The predicted octanol–water partition coefficient (Wildman–Crippen LogP) is 15.8. The van der Waals surface area contributed by atoms with Crippen LogP contribution in [0.15, 0.2) is 177 Å². The zero-order chi connectivity index (χ0) is 38.1. The third kappa shape index (κ3) is 6.54. The summed E-state index contributed by atoms with van der Waals surface area (Å²) in [7, 11) is 0. The summed E-state index contributed by atoms with van der Waals surface area (Å²) >= 11 is 1.80. The second kappa shape index (κ2) is 14.9. The Morgan fingerprint density at radius 3 is 1.89 bits per heavy atom. The van der Waals surface area contributed by atoms with Gasteiger partial charge in [-0.05, 0) is 130 Å². The van der Waals surface area contributed by atoms with E-state index in [-0.39, 0.29) is 5.41 Å². The minimum atomic E-state index is -0.196. The van der Waals surface area contributed by atoms with E-state index in [4.69, 9.17) is 0 Å². The van der Waals surface area contributed by atoms with Gasteiger partial charge in [0.2, 0.25) is 0 Å². The molecule has 8 rings (SSSR count). The van der Waals surface area contributed by atoms with Gasteiger partial charge in [-0.2, -0.15) is 0 Å². The van der Waals surface area contributed by atoms with Crippen molar-refractivity contribution in [1.82, 2.24) is 0 Å². The number of anilines is 3. The molecule has 7 aromatic rings. The highest BCUT2D eigenvalue weighted by Gasteiger charge is 2.36. The van der Waals surface area contributed by atoms with Gasteiger partial charge in [0.15, 0.2) is 0 Å². The molecule has 55 heavy (non-hydrogen) atoms. The summed E-state index contributed by atoms with van der Waals surface area (Å²) in [5.41, 5.74) is 16.8. The van der Waals surface area contributed by atoms with Crippen molar-refractivity contribution < 1.29 is 0 Å². The average molecular weight is 728 g/mol. The monoisotopic (exact) mass is 727 g/mol. The van der Waals surface area contributed by atoms with Crippen molar-refractivity contribution in [1.29, 1.82) is 0 Å². The minimum Gasteiger partial charge on any atom is -0.310 e. The SMILES string of the molecule is C=C/C(=C\C=C/C)c1ccc(N(c2ccc(-c3ccccc3)cc2)c2ccc3c(c2)C(C)(C)c2cc(-c4ccc5sc(C=C)c(/C=C\C)c5c4)ccc2-3)cc1. The molecule has 0 amide bonds. The fraction of sp³-hybridized carbons (Fsp3) is 0.0943. The van der Waals surface area contributed by atoms with Gasteiger partial charge in [-0.15, -0.1) is 11.3 Å². The fourth-order valence-electron chi connectivity index (χ4n) is 8.02. The van der Waals surface area contributed by atoms with Gasteiger partial charge in [0.05, 0.1) is 0 Å². The lowest BCUT2D eigenvalue weighted by molar-refractivity contribution is 0.660. The van der Waals surface area contributed by atoms with Gasteiger partial charge in [-0.3, -0.25) is 0 Å². The van der Waals surface area contributed by atoms with Crippen LogP contribution >= 0.6 is 11.3 Å². The molecule has 1 aromatic heterocycles. The maximum atomic E-state index is 4.08. The summed E-state index contributed by atoms with van der Waals surface area (Å²) in [6.45, 7) is 17.0. The summed E-state index contributed by atoms with van der Waals surface area (Å²) in [6.07, 6.45) is 14.4. The highest BCUT2D eigenvalue weighted by atomic mass is 32.1. The number of rotatable bonds is 10. The van der Waals surface area contributed by atoms with E-state index < -0.39 is 0 Å². The average Bonchev–Trinajstić information content (AvgIpc) is 3.69. The first-order valence-corrected chi connectivity index (χ1v) is 19.8. The number of hydrogen-bond donors (Lipinski definition) is 0. The molecule has 0 radical (unpaired) electrons. The molecule has 1 nitrogen and oxygen atoms in total. The van der Waals surface area contributed by atoms with Crippen LogP contribution in [0, 0.1) is 0 Å². The quantitative estimate of drug-likeness (QED) is 0.127. The first kappa shape index (κ1) is 35.8. The molecule has 0 aliphatic heterocycles. The van der Waals surface area contributed by atoms with Crippen LogP contribution in [-0.4, -0.2) is 0 Å². The number of fused-ring (bicyclic) bond motifs is 4. The maximum Gasteiger partial charge on any atom is 0.0465 e. The Morgan fingerprint density at radius 1 is 0.618 bits per heavy atom. The number of thiophene rings is 1. The molecule has 0 unspecified atom stereocenters. The Bertz CT molecular complexity index is 2650. The van der Waals surface area contributed by atoms with Crippen LogP contribution in [-0.2, 0) is 5.41 Å². The summed E-state index contributed by atoms with van der Waals surface area (Å²) in [5, 5.41) is 1.28. The Labute approximate surface area is 330 Å². The summed E-state index contributed by atoms with van der Waals surface area (Å²) in [6, 6.07) is 49.3. The maximum absolute atomic E-state index is 4.08. The highest BCUT2D eigenvalue weighted by Crippen LogP contribution is 2.52. The lowest BCUT2D eigenvalue weighted by Crippen LogP contribution is -2.16. The summed E-state index contributed by atoms with van der Waals surface area (Å²) in [5.74, 6) is 0. The van der Waals surface area contributed by atoms with E-state index in [0.717, 1.165) is 28.2 Å². The van der Waals surface area contributed by atoms with Gasteiger partial charge >= 0.3 is 0 Å². The minimum absolute atomic E-state index is 0.196. The molecule has 0 N–H and O–H groups in total. The van der Waals surface area contributed by atoms with E-state index in [1.165, 1.54) is 65.0 Å². The largest absolute Gasteiger partial charge is 0.310 e. The number of nitrogens with zero attached hydrogens (tertiary/aromatic N) is 1. The molecule has 6 aromatic carbocycles. The lowest BCUT2D eigenvalue weighted by atomic mass is 9.81. The van der Waals surface area contributed by atoms with E-state index >= 15 is 0 Å². The second-order valence-electron chi connectivity index (χ2n) is 14.6. The van der Waals surface area contributed by atoms with E-state index in [2.05, 4.69) is 197 Å². The van der Waals surface area contributed by atoms with E-state index in [9.17, 15) is 0 Å². The van der Waals surface area contributed by atoms with E-state index in [0.29, 0.717) is 0 Å². The smallest absolute Gasteiger partial charge is 0.0465 e. The van der Waals surface area contributed by atoms with Crippen molar-refractivity contribution in [2.24, 2.45) is 0 Å². The number of allylic oxidation sites excluding steroid dienone is 6. The standard InChI is InChI=1S/C53H45NS/c1-7-11-16-36(9-3)38-19-25-42(26-20-38)54(43-27-21-39(22-28-43)37-17-13-12-14-18-37)44-29-31-46-45-30-23-41(34-49(45)53(5,6)50(46)35-44)40-24-32-52-48(33-40)47(15-8-2)51(10-4)55-52/h7-35H,3-4H2,1-2,5-6H3/b11-7-,15-8-,36-16+. The van der Waals surface area contributed by atoms with Gasteiger partial charge in [0, 0.05) is 37.4 Å². The molecule has 1 heterocycles. The highest BCUT2D eigenvalue weighted by molar-refractivity contribution is 7.20. The Hall–Kier alpha value is -6.22. The Kier molecular flexibility index (Phi) is 9.69. The Balaban J connectivity index is 1.20. The molecule has 0 spiro atoms. The van der Waals surface area contributed by atoms with Gasteiger partial charge in [-0.1, -0.05) is 148 Å². The van der Waals surface area contributed by atoms with Crippen LogP contribution in [0.5, 0.6) is 0 Å². The van der Waals surface area contributed by atoms with E-state index in [1.807, 2.05) is 25.2 Å². The third-order valence-corrected chi connectivity index (χ3v) is 12.1. The predicted molar refractivity (Wildman–Crippen MR) is 243 cm³/mol. The van der Waals surface area contributed by atoms with E-state index in [1.54, 1.807) is 11.3 Å². The number of benzene rings is 6. The normalized spacial score (nSPS) is 13.3. The van der Waals surface area contributed by atoms with Crippen LogP contribution in [0.4, 0.5) is 17.1 Å². The zero-order valence-corrected chi connectivity index (χ0v) is 32.8. The van der Waals surface area contributed by atoms with Gasteiger partial charge < -0.3 is 4.90 Å². The molecular formula is C53H45NS. The molecule has 0 saturated carbocycles. The van der Waals surface area contributed by atoms with Crippen molar-refractivity contribution in [2.45, 2.75) is 33.1 Å². The van der Waals surface area contributed by atoms with Crippen molar-refractivity contribution >= 4 is 56.2 Å². The number of hydrogen-bond acceptors (Lipinski definition) is 2. The molecule has 1 aliphatic carbocycles. The second-order valence-corrected chi connectivity index (χ2v) is 15.6. The lowest BCUT2D eigenvalue weighted by Gasteiger charge is -2.28. The van der Waals surface area contributed by atoms with Crippen LogP contribution in [0.25, 0.3) is 61.2 Å². The van der Waals surface area contributed by atoms with Crippen molar-refractivity contribution in [3.05, 3.63) is 204 Å². The molecule has 0 bridgehead atoms.